The van der Waals surface area contributed by atoms with Gasteiger partial charge in [-0.2, -0.15) is 24.4 Å². The summed E-state index contributed by atoms with van der Waals surface area (Å²) in [6, 6.07) is -0.884. The van der Waals surface area contributed by atoms with Crippen molar-refractivity contribution in [3.05, 3.63) is 0 Å². The van der Waals surface area contributed by atoms with Gasteiger partial charge in [0, 0.05) is 23.7 Å². The minimum absolute atomic E-state index is 0.0565. The zero-order valence-corrected chi connectivity index (χ0v) is 15.6. The topological polar surface area (TPSA) is 125 Å². The van der Waals surface area contributed by atoms with Crippen LogP contribution in [0.2, 0.25) is 0 Å². The van der Waals surface area contributed by atoms with E-state index in [2.05, 4.69) is 28.6 Å². The van der Waals surface area contributed by atoms with E-state index in [4.69, 9.17) is 0 Å². The van der Waals surface area contributed by atoms with E-state index in [0.717, 1.165) is 12.2 Å². The molecule has 2 heterocycles. The molecule has 0 saturated carbocycles. The Bertz CT molecular complexity index is 559. The molecule has 2 rings (SSSR count). The SMILES string of the molecule is CC(=O)N[C@@H](CS)C(=O)C(CCC[C@@H]1SC[C@@H]2NC(=O)N[C@@H]21)C(=O)O. The quantitative estimate of drug-likeness (QED) is 0.215. The summed E-state index contributed by atoms with van der Waals surface area (Å²) in [6.45, 7) is 1.27. The van der Waals surface area contributed by atoms with Crippen molar-refractivity contribution in [1.29, 1.82) is 0 Å². The molecule has 0 aromatic rings. The maximum absolute atomic E-state index is 12.4. The zero-order valence-electron chi connectivity index (χ0n) is 13.9. The summed E-state index contributed by atoms with van der Waals surface area (Å²) in [5.41, 5.74) is 0. The molecule has 5 atom stereocenters. The number of rotatable bonds is 9. The van der Waals surface area contributed by atoms with Crippen LogP contribution in [-0.4, -0.2) is 63.7 Å². The molecule has 2 fully saturated rings. The molecule has 25 heavy (non-hydrogen) atoms. The number of carboxylic acid groups (broad SMARTS) is 1. The van der Waals surface area contributed by atoms with Gasteiger partial charge in [0.15, 0.2) is 5.78 Å². The molecule has 2 saturated heterocycles. The Kier molecular flexibility index (Phi) is 7.00. The van der Waals surface area contributed by atoms with E-state index in [1.807, 2.05) is 0 Å². The summed E-state index contributed by atoms with van der Waals surface area (Å²) in [5.74, 6) is -2.38. The summed E-state index contributed by atoms with van der Waals surface area (Å²) in [5, 5.41) is 17.8. The number of aliphatic carboxylic acids is 1. The number of hydrogen-bond donors (Lipinski definition) is 5. The predicted octanol–water partition coefficient (Wildman–Crippen LogP) is 0.0265. The van der Waals surface area contributed by atoms with Gasteiger partial charge in [0.2, 0.25) is 5.91 Å². The van der Waals surface area contributed by atoms with Crippen molar-refractivity contribution in [2.45, 2.75) is 49.6 Å². The molecule has 0 radical (unpaired) electrons. The summed E-state index contributed by atoms with van der Waals surface area (Å²) in [7, 11) is 0. The first kappa shape index (κ1) is 19.9. The third kappa shape index (κ3) is 5.04. The van der Waals surface area contributed by atoms with E-state index >= 15 is 0 Å². The second kappa shape index (κ2) is 8.79. The van der Waals surface area contributed by atoms with E-state index in [1.165, 1.54) is 6.92 Å². The van der Waals surface area contributed by atoms with E-state index in [1.54, 1.807) is 11.8 Å². The van der Waals surface area contributed by atoms with Crippen molar-refractivity contribution < 1.29 is 24.3 Å². The average Bonchev–Trinajstić information content (AvgIpc) is 3.07. The molecular weight excluding hydrogens is 366 g/mol. The number of ketones is 1. The summed E-state index contributed by atoms with van der Waals surface area (Å²) < 4.78 is 0. The van der Waals surface area contributed by atoms with E-state index < -0.39 is 29.6 Å². The highest BCUT2D eigenvalue weighted by Gasteiger charge is 2.43. The van der Waals surface area contributed by atoms with Crippen molar-refractivity contribution in [1.82, 2.24) is 16.0 Å². The van der Waals surface area contributed by atoms with Crippen LogP contribution in [0.1, 0.15) is 26.2 Å². The normalized spacial score (nSPS) is 27.0. The van der Waals surface area contributed by atoms with Gasteiger partial charge >= 0.3 is 12.0 Å². The molecule has 0 aromatic heterocycles. The maximum atomic E-state index is 12.4. The number of fused-ring (bicyclic) bond motifs is 1. The van der Waals surface area contributed by atoms with Gasteiger partial charge < -0.3 is 21.1 Å². The number of thioether (sulfide) groups is 1. The fraction of sp³-hybridized carbons (Fsp3) is 0.733. The van der Waals surface area contributed by atoms with Gasteiger partial charge in [-0.15, -0.1) is 0 Å². The maximum Gasteiger partial charge on any atom is 0.315 e. The highest BCUT2D eigenvalue weighted by Crippen LogP contribution is 2.33. The second-order valence-electron chi connectivity index (χ2n) is 6.28. The number of thiol groups is 1. The van der Waals surface area contributed by atoms with E-state index in [-0.39, 0.29) is 35.5 Å². The largest absolute Gasteiger partial charge is 0.481 e. The fourth-order valence-corrected chi connectivity index (χ4v) is 5.06. The highest BCUT2D eigenvalue weighted by atomic mass is 32.2. The third-order valence-corrected chi connectivity index (χ3v) is 6.34. The molecule has 0 spiro atoms. The Morgan fingerprint density at radius 2 is 2.12 bits per heavy atom. The molecule has 140 valence electrons. The smallest absolute Gasteiger partial charge is 0.315 e. The standard InChI is InChI=1S/C15H23N3O5S2/c1-7(19)16-9(5-24)13(20)8(14(21)22)3-2-4-11-12-10(6-25-11)17-15(23)18-12/h8-12,24H,2-6H2,1H3,(H,16,19)(H,21,22)(H2,17,18,23)/t8?,9-,10-,11-,12-/m0/s1. The van der Waals surface area contributed by atoms with Crippen molar-refractivity contribution in [3.63, 3.8) is 0 Å². The molecule has 10 heteroatoms. The molecule has 0 aliphatic carbocycles. The number of hydrogen-bond acceptors (Lipinski definition) is 6. The van der Waals surface area contributed by atoms with Gasteiger partial charge in [-0.25, -0.2) is 4.79 Å². The fourth-order valence-electron chi connectivity index (χ4n) is 3.25. The zero-order chi connectivity index (χ0) is 18.6. The Morgan fingerprint density at radius 3 is 2.72 bits per heavy atom. The lowest BCUT2D eigenvalue weighted by atomic mass is 9.92. The minimum atomic E-state index is -1.19. The Hall–Kier alpha value is -1.42. The Labute approximate surface area is 155 Å². The number of nitrogens with one attached hydrogen (secondary N) is 3. The van der Waals surface area contributed by atoms with Crippen molar-refractivity contribution >= 4 is 48.1 Å². The van der Waals surface area contributed by atoms with E-state index in [0.29, 0.717) is 6.42 Å². The second-order valence-corrected chi connectivity index (χ2v) is 7.92. The van der Waals surface area contributed by atoms with E-state index in [9.17, 15) is 24.3 Å². The van der Waals surface area contributed by atoms with Gasteiger partial charge in [-0.05, 0) is 12.8 Å². The van der Waals surface area contributed by atoms with Crippen LogP contribution in [0.25, 0.3) is 0 Å². The molecule has 3 amide bonds. The molecule has 1 unspecified atom stereocenters. The van der Waals surface area contributed by atoms with Gasteiger partial charge in [-0.1, -0.05) is 6.42 Å². The number of Topliss-reactive ketones (excluding diaryl/α,β-unsaturated/α-hetero) is 1. The number of urea groups is 1. The first-order valence-corrected chi connectivity index (χ1v) is 9.84. The Morgan fingerprint density at radius 1 is 1.40 bits per heavy atom. The Balaban J connectivity index is 1.87. The monoisotopic (exact) mass is 389 g/mol. The summed E-state index contributed by atoms with van der Waals surface area (Å²) >= 11 is 5.77. The lowest BCUT2D eigenvalue weighted by molar-refractivity contribution is -0.147. The average molecular weight is 389 g/mol. The molecular formula is C15H23N3O5S2. The molecule has 0 aromatic carbocycles. The molecule has 8 nitrogen and oxygen atoms in total. The van der Waals surface area contributed by atoms with Crippen molar-refractivity contribution in [2.24, 2.45) is 5.92 Å². The molecule has 2 aliphatic heterocycles. The minimum Gasteiger partial charge on any atom is -0.481 e. The first-order valence-electron chi connectivity index (χ1n) is 8.16. The van der Waals surface area contributed by atoms with Crippen molar-refractivity contribution in [2.75, 3.05) is 11.5 Å². The van der Waals surface area contributed by atoms with Crippen molar-refractivity contribution in [3.8, 4) is 0 Å². The van der Waals surface area contributed by atoms with Crippen LogP contribution < -0.4 is 16.0 Å². The number of carbonyl (C=O) groups excluding carboxylic acids is 3. The number of carbonyl (C=O) groups is 4. The lowest BCUT2D eigenvalue weighted by Gasteiger charge is -2.20. The van der Waals surface area contributed by atoms with Gasteiger partial charge in [0.25, 0.3) is 0 Å². The lowest BCUT2D eigenvalue weighted by Crippen LogP contribution is -2.46. The summed E-state index contributed by atoms with van der Waals surface area (Å²) in [6.07, 6.45) is 1.48. The highest BCUT2D eigenvalue weighted by molar-refractivity contribution is 8.00. The van der Waals surface area contributed by atoms with Crippen LogP contribution in [0.4, 0.5) is 4.79 Å². The summed E-state index contributed by atoms with van der Waals surface area (Å²) in [4.78, 5) is 46.4. The van der Waals surface area contributed by atoms with Crippen LogP contribution in [0.5, 0.6) is 0 Å². The molecule has 4 N–H and O–H groups in total. The molecule has 0 bridgehead atoms. The number of amides is 3. The number of carboxylic acids is 1. The van der Waals surface area contributed by atoms with Crippen LogP contribution in [0, 0.1) is 5.92 Å². The van der Waals surface area contributed by atoms with Gasteiger partial charge in [-0.3, -0.25) is 14.4 Å². The predicted molar refractivity (Wildman–Crippen MR) is 96.9 cm³/mol. The van der Waals surface area contributed by atoms with Gasteiger partial charge in [0.1, 0.15) is 5.92 Å². The van der Waals surface area contributed by atoms with Crippen LogP contribution in [-0.2, 0) is 14.4 Å². The van der Waals surface area contributed by atoms with Crippen LogP contribution in [0.3, 0.4) is 0 Å². The van der Waals surface area contributed by atoms with Crippen LogP contribution >= 0.6 is 24.4 Å². The van der Waals surface area contributed by atoms with Gasteiger partial charge in [0.05, 0.1) is 18.1 Å². The third-order valence-electron chi connectivity index (χ3n) is 4.46. The molecule has 2 aliphatic rings. The van der Waals surface area contributed by atoms with Crippen LogP contribution in [0.15, 0.2) is 0 Å². The first-order chi connectivity index (χ1) is 11.8.